The van der Waals surface area contributed by atoms with Gasteiger partial charge < -0.3 is 24.8 Å². The molecule has 8 nitrogen and oxygen atoms in total. The number of rotatable bonds is 10. The first-order valence-electron chi connectivity index (χ1n) is 11.7. The van der Waals surface area contributed by atoms with E-state index in [9.17, 15) is 9.59 Å². The number of aromatic nitrogens is 1. The highest BCUT2D eigenvalue weighted by molar-refractivity contribution is 7.18. The number of Topliss-reactive ketones (excluding diaryl/α,β-unsaturated/α-hetero) is 1. The van der Waals surface area contributed by atoms with Crippen LogP contribution in [0.5, 0.6) is 11.5 Å². The van der Waals surface area contributed by atoms with Gasteiger partial charge in [0, 0.05) is 46.4 Å². The van der Waals surface area contributed by atoms with Crippen LogP contribution in [0.25, 0.3) is 21.3 Å². The van der Waals surface area contributed by atoms with E-state index in [1.165, 1.54) is 23.4 Å². The minimum Gasteiger partial charge on any atom is -0.493 e. The van der Waals surface area contributed by atoms with Crippen LogP contribution in [0.4, 0.5) is 5.69 Å². The highest BCUT2D eigenvalue weighted by Gasteiger charge is 2.18. The standard InChI is InChI=1S/C28H29N3O5S/c1-17-6-5-7-20-21(16-37-27(17)20)22-13-19(31(2)3)14-23(30-22)24(33)15-29-28(34)18-8-9-25(36-11-10-32)26(12-18)35-4/h5-9,12-14,16,32H,10-11,15H2,1-4H3,(H,29,34). The number of carbonyl (C=O) groups is 2. The third kappa shape index (κ3) is 5.73. The van der Waals surface area contributed by atoms with Gasteiger partial charge in [0.15, 0.2) is 17.3 Å². The van der Waals surface area contributed by atoms with Crippen molar-refractivity contribution in [3.63, 3.8) is 0 Å². The first kappa shape index (κ1) is 26.1. The van der Waals surface area contributed by atoms with Crippen LogP contribution in [0.1, 0.15) is 26.4 Å². The van der Waals surface area contributed by atoms with Crippen molar-refractivity contribution in [2.75, 3.05) is 45.9 Å². The molecule has 4 aromatic rings. The molecule has 0 saturated carbocycles. The zero-order valence-corrected chi connectivity index (χ0v) is 22.0. The number of thiophene rings is 1. The fourth-order valence-electron chi connectivity index (χ4n) is 3.89. The number of ether oxygens (including phenoxy) is 2. The Morgan fingerprint density at radius 3 is 2.65 bits per heavy atom. The van der Waals surface area contributed by atoms with Crippen LogP contribution in [-0.2, 0) is 0 Å². The maximum Gasteiger partial charge on any atom is 0.251 e. The number of fused-ring (bicyclic) bond motifs is 1. The Labute approximate surface area is 219 Å². The predicted octanol–water partition coefficient (Wildman–Crippen LogP) is 4.33. The summed E-state index contributed by atoms with van der Waals surface area (Å²) in [6.07, 6.45) is 0. The van der Waals surface area contributed by atoms with E-state index in [-0.39, 0.29) is 31.2 Å². The highest BCUT2D eigenvalue weighted by Crippen LogP contribution is 2.36. The molecule has 0 spiro atoms. The summed E-state index contributed by atoms with van der Waals surface area (Å²) < 4.78 is 11.9. The molecule has 4 rings (SSSR count). The number of pyridine rings is 1. The van der Waals surface area contributed by atoms with Crippen molar-refractivity contribution in [3.8, 4) is 22.8 Å². The van der Waals surface area contributed by atoms with Crippen LogP contribution < -0.4 is 19.7 Å². The molecule has 0 aliphatic heterocycles. The van der Waals surface area contributed by atoms with E-state index in [1.54, 1.807) is 29.5 Å². The highest BCUT2D eigenvalue weighted by atomic mass is 32.1. The molecule has 2 aromatic heterocycles. The Bertz CT molecular complexity index is 1450. The Hall–Kier alpha value is -3.95. The zero-order valence-electron chi connectivity index (χ0n) is 21.2. The molecular weight excluding hydrogens is 490 g/mol. The summed E-state index contributed by atoms with van der Waals surface area (Å²) in [6.45, 7) is 1.84. The molecule has 192 valence electrons. The van der Waals surface area contributed by atoms with Crippen LogP contribution in [0.15, 0.2) is 53.9 Å². The monoisotopic (exact) mass is 519 g/mol. The van der Waals surface area contributed by atoms with E-state index >= 15 is 0 Å². The summed E-state index contributed by atoms with van der Waals surface area (Å²) in [5, 5.41) is 14.8. The van der Waals surface area contributed by atoms with Crippen molar-refractivity contribution in [1.82, 2.24) is 10.3 Å². The van der Waals surface area contributed by atoms with E-state index < -0.39 is 5.91 Å². The molecule has 2 heterocycles. The van der Waals surface area contributed by atoms with Crippen LogP contribution >= 0.6 is 11.3 Å². The second kappa shape index (κ2) is 11.4. The van der Waals surface area contributed by atoms with Crippen molar-refractivity contribution < 1.29 is 24.2 Å². The van der Waals surface area contributed by atoms with Crippen LogP contribution in [0, 0.1) is 6.92 Å². The Balaban J connectivity index is 1.56. The molecule has 2 N–H and O–H groups in total. The van der Waals surface area contributed by atoms with Gasteiger partial charge in [-0.05, 0) is 42.8 Å². The lowest BCUT2D eigenvalue weighted by Gasteiger charge is -2.15. The molecule has 37 heavy (non-hydrogen) atoms. The predicted molar refractivity (Wildman–Crippen MR) is 146 cm³/mol. The summed E-state index contributed by atoms with van der Waals surface area (Å²) in [6, 6.07) is 14.5. The summed E-state index contributed by atoms with van der Waals surface area (Å²) in [5.41, 5.74) is 4.31. The molecular formula is C28H29N3O5S. The van der Waals surface area contributed by atoms with E-state index in [0.717, 1.165) is 16.6 Å². The molecule has 0 atom stereocenters. The van der Waals surface area contributed by atoms with Crippen LogP contribution in [0.3, 0.4) is 0 Å². The number of carbonyl (C=O) groups excluding carboxylic acids is 2. The number of aliphatic hydroxyl groups excluding tert-OH is 1. The fourth-order valence-corrected chi connectivity index (χ4v) is 4.93. The number of hydrogen-bond donors (Lipinski definition) is 2. The van der Waals surface area contributed by atoms with Crippen molar-refractivity contribution in [3.05, 3.63) is 70.7 Å². The minimum atomic E-state index is -0.427. The Kier molecular flexibility index (Phi) is 8.05. The first-order chi connectivity index (χ1) is 17.8. The number of anilines is 1. The molecule has 9 heteroatoms. The number of nitrogens with zero attached hydrogens (tertiary/aromatic N) is 2. The number of benzene rings is 2. The minimum absolute atomic E-state index is 0.109. The SMILES string of the molecule is COc1cc(C(=O)NCC(=O)c2cc(N(C)C)cc(-c3csc4c(C)cccc34)n2)ccc1OCCO. The second-order valence-electron chi connectivity index (χ2n) is 8.63. The number of ketones is 1. The molecule has 0 unspecified atom stereocenters. The number of aryl methyl sites for hydroxylation is 1. The van der Waals surface area contributed by atoms with E-state index in [4.69, 9.17) is 14.6 Å². The topological polar surface area (TPSA) is 101 Å². The quantitative estimate of drug-likeness (QED) is 0.301. The maximum atomic E-state index is 13.1. The molecule has 0 radical (unpaired) electrons. The van der Waals surface area contributed by atoms with E-state index in [2.05, 4.69) is 34.7 Å². The van der Waals surface area contributed by atoms with Gasteiger partial charge in [0.1, 0.15) is 12.3 Å². The van der Waals surface area contributed by atoms with Crippen molar-refractivity contribution in [2.24, 2.45) is 0 Å². The van der Waals surface area contributed by atoms with Gasteiger partial charge in [-0.25, -0.2) is 4.98 Å². The van der Waals surface area contributed by atoms with E-state index in [0.29, 0.717) is 22.8 Å². The fraction of sp³-hybridized carbons (Fsp3) is 0.250. The lowest BCUT2D eigenvalue weighted by molar-refractivity contribution is 0.0902. The maximum absolute atomic E-state index is 13.1. The summed E-state index contributed by atoms with van der Waals surface area (Å²) >= 11 is 1.66. The smallest absolute Gasteiger partial charge is 0.251 e. The van der Waals surface area contributed by atoms with Gasteiger partial charge in [-0.3, -0.25) is 9.59 Å². The Morgan fingerprint density at radius 1 is 1.11 bits per heavy atom. The molecule has 2 aromatic carbocycles. The molecule has 0 saturated heterocycles. The lowest BCUT2D eigenvalue weighted by atomic mass is 10.1. The van der Waals surface area contributed by atoms with Crippen LogP contribution in [0.2, 0.25) is 0 Å². The van der Waals surface area contributed by atoms with Crippen LogP contribution in [-0.4, -0.2) is 62.7 Å². The number of hydrogen-bond acceptors (Lipinski definition) is 8. The van der Waals surface area contributed by atoms with Crippen molar-refractivity contribution >= 4 is 38.8 Å². The normalized spacial score (nSPS) is 10.8. The number of nitrogens with one attached hydrogen (secondary N) is 1. The van der Waals surface area contributed by atoms with E-state index in [1.807, 2.05) is 31.1 Å². The molecule has 0 aliphatic carbocycles. The van der Waals surface area contributed by atoms with Gasteiger partial charge in [0.2, 0.25) is 0 Å². The van der Waals surface area contributed by atoms with Crippen molar-refractivity contribution in [1.29, 1.82) is 0 Å². The number of methoxy groups -OCH3 is 1. The third-order valence-electron chi connectivity index (χ3n) is 5.87. The van der Waals surface area contributed by atoms with Gasteiger partial charge in [0.25, 0.3) is 5.91 Å². The third-order valence-corrected chi connectivity index (χ3v) is 7.00. The zero-order chi connectivity index (χ0) is 26.5. The summed E-state index contributed by atoms with van der Waals surface area (Å²) in [4.78, 5) is 32.5. The molecule has 0 bridgehead atoms. The van der Waals surface area contributed by atoms with Gasteiger partial charge in [0.05, 0.1) is 26.0 Å². The van der Waals surface area contributed by atoms with Crippen molar-refractivity contribution in [2.45, 2.75) is 6.92 Å². The Morgan fingerprint density at radius 2 is 1.92 bits per heavy atom. The molecule has 0 aliphatic rings. The summed E-state index contributed by atoms with van der Waals surface area (Å²) in [7, 11) is 5.28. The molecule has 1 amide bonds. The lowest BCUT2D eigenvalue weighted by Crippen LogP contribution is -2.30. The largest absolute Gasteiger partial charge is 0.493 e. The van der Waals surface area contributed by atoms with Gasteiger partial charge in [-0.15, -0.1) is 11.3 Å². The van der Waals surface area contributed by atoms with Gasteiger partial charge in [-0.2, -0.15) is 0 Å². The average Bonchev–Trinajstić information content (AvgIpc) is 3.35. The second-order valence-corrected chi connectivity index (χ2v) is 9.51. The summed E-state index contributed by atoms with van der Waals surface area (Å²) in [5.74, 6) is 0.0423. The molecule has 0 fully saturated rings. The van der Waals surface area contributed by atoms with Gasteiger partial charge in [-0.1, -0.05) is 18.2 Å². The number of amides is 1. The van der Waals surface area contributed by atoms with Gasteiger partial charge >= 0.3 is 0 Å². The first-order valence-corrected chi connectivity index (χ1v) is 12.6. The number of aliphatic hydroxyl groups is 1. The average molecular weight is 520 g/mol.